The summed E-state index contributed by atoms with van der Waals surface area (Å²) in [5.74, 6) is 0.467. The molecule has 0 aliphatic rings. The minimum atomic E-state index is -0.437. The van der Waals surface area contributed by atoms with Gasteiger partial charge in [-0.05, 0) is 24.6 Å². The van der Waals surface area contributed by atoms with Crippen molar-refractivity contribution in [1.82, 2.24) is 4.57 Å². The second-order valence-electron chi connectivity index (χ2n) is 4.35. The normalized spacial score (nSPS) is 10.3. The Balaban J connectivity index is 2.10. The van der Waals surface area contributed by atoms with Crippen LogP contribution in [0.4, 0.5) is 11.4 Å². The first-order valence-electron chi connectivity index (χ1n) is 6.35. The molecule has 1 N–H and O–H groups in total. The highest BCUT2D eigenvalue weighted by Gasteiger charge is 2.11. The number of aromatic nitrogens is 1. The zero-order valence-corrected chi connectivity index (χ0v) is 11.5. The number of nitrogens with zero attached hydrogens (tertiary/aromatic N) is 2. The maximum Gasteiger partial charge on any atom is 0.273 e. The van der Waals surface area contributed by atoms with Crippen LogP contribution in [0.5, 0.6) is 5.75 Å². The third-order valence-corrected chi connectivity index (χ3v) is 3.06. The van der Waals surface area contributed by atoms with Gasteiger partial charge in [0, 0.05) is 31.5 Å². The number of methoxy groups -OCH3 is 1. The molecule has 0 fully saturated rings. The van der Waals surface area contributed by atoms with E-state index in [1.165, 1.54) is 19.2 Å². The fourth-order valence-corrected chi connectivity index (χ4v) is 1.93. The van der Waals surface area contributed by atoms with Crippen molar-refractivity contribution >= 4 is 11.4 Å². The average molecular weight is 275 g/mol. The van der Waals surface area contributed by atoms with Gasteiger partial charge >= 0.3 is 0 Å². The molecule has 0 radical (unpaired) electrons. The number of nitrogens with one attached hydrogen (secondary N) is 1. The molecule has 20 heavy (non-hydrogen) atoms. The van der Waals surface area contributed by atoms with Crippen LogP contribution < -0.4 is 10.1 Å². The third kappa shape index (κ3) is 3.09. The molecule has 1 aromatic heterocycles. The third-order valence-electron chi connectivity index (χ3n) is 3.06. The molecular weight excluding hydrogens is 258 g/mol. The fourth-order valence-electron chi connectivity index (χ4n) is 1.93. The molecule has 0 bridgehead atoms. The Morgan fingerprint density at radius 3 is 2.80 bits per heavy atom. The van der Waals surface area contributed by atoms with Crippen molar-refractivity contribution in [3.05, 3.63) is 52.3 Å². The van der Waals surface area contributed by atoms with Crippen LogP contribution >= 0.6 is 0 Å². The van der Waals surface area contributed by atoms with Crippen LogP contribution in [-0.4, -0.2) is 16.6 Å². The Morgan fingerprint density at radius 1 is 1.40 bits per heavy atom. The Morgan fingerprint density at radius 2 is 2.20 bits per heavy atom. The lowest BCUT2D eigenvalue weighted by Crippen LogP contribution is -2.01. The molecule has 0 atom stereocenters. The zero-order valence-electron chi connectivity index (χ0n) is 11.5. The van der Waals surface area contributed by atoms with Crippen LogP contribution in [0.25, 0.3) is 0 Å². The van der Waals surface area contributed by atoms with Crippen LogP contribution in [0, 0.1) is 10.1 Å². The number of nitro benzene ring substituents is 1. The quantitative estimate of drug-likeness (QED) is 0.650. The number of benzene rings is 1. The summed E-state index contributed by atoms with van der Waals surface area (Å²) < 4.78 is 7.27. The van der Waals surface area contributed by atoms with Gasteiger partial charge in [0.2, 0.25) is 0 Å². The van der Waals surface area contributed by atoms with E-state index in [0.717, 1.165) is 17.8 Å². The number of hydrogen-bond acceptors (Lipinski definition) is 4. The lowest BCUT2D eigenvalue weighted by atomic mass is 10.2. The van der Waals surface area contributed by atoms with Crippen molar-refractivity contribution in [2.45, 2.75) is 20.0 Å². The van der Waals surface area contributed by atoms with E-state index < -0.39 is 4.92 Å². The van der Waals surface area contributed by atoms with Gasteiger partial charge in [0.25, 0.3) is 5.69 Å². The summed E-state index contributed by atoms with van der Waals surface area (Å²) in [6, 6.07) is 6.57. The molecule has 106 valence electrons. The van der Waals surface area contributed by atoms with E-state index in [0.29, 0.717) is 12.3 Å². The number of aryl methyl sites for hydroxylation is 1. The van der Waals surface area contributed by atoms with Gasteiger partial charge < -0.3 is 14.6 Å². The highest BCUT2D eigenvalue weighted by molar-refractivity contribution is 5.60. The zero-order chi connectivity index (χ0) is 14.5. The number of non-ortho nitro benzene ring substituents is 1. The van der Waals surface area contributed by atoms with Gasteiger partial charge in [-0.3, -0.25) is 10.1 Å². The molecule has 6 nitrogen and oxygen atoms in total. The Labute approximate surface area is 117 Å². The van der Waals surface area contributed by atoms with Gasteiger partial charge in [0.1, 0.15) is 5.75 Å². The number of rotatable bonds is 6. The van der Waals surface area contributed by atoms with Gasteiger partial charge in [-0.2, -0.15) is 0 Å². The molecule has 0 unspecified atom stereocenters. The summed E-state index contributed by atoms with van der Waals surface area (Å²) in [4.78, 5) is 10.3. The topological polar surface area (TPSA) is 69.3 Å². The monoisotopic (exact) mass is 275 g/mol. The standard InChI is InChI=1S/C14H17N3O3/c1-3-16-7-6-11(10-16)9-15-13-5-4-12(17(18)19)8-14(13)20-2/h4-8,10,15H,3,9H2,1-2H3. The Bertz CT molecular complexity index is 607. The number of anilines is 1. The molecule has 0 amide bonds. The maximum atomic E-state index is 10.7. The maximum absolute atomic E-state index is 10.7. The van der Waals surface area contributed by atoms with E-state index in [4.69, 9.17) is 4.74 Å². The van der Waals surface area contributed by atoms with Crippen molar-refractivity contribution in [3.8, 4) is 5.75 Å². The van der Waals surface area contributed by atoms with Crippen molar-refractivity contribution < 1.29 is 9.66 Å². The van der Waals surface area contributed by atoms with E-state index >= 15 is 0 Å². The van der Waals surface area contributed by atoms with E-state index in [9.17, 15) is 10.1 Å². The molecule has 1 aromatic carbocycles. The SMILES string of the molecule is CCn1ccc(CNc2ccc([N+](=O)[O-])cc2OC)c1. The van der Waals surface area contributed by atoms with Crippen molar-refractivity contribution in [2.75, 3.05) is 12.4 Å². The minimum absolute atomic E-state index is 0.0181. The molecule has 0 saturated heterocycles. The second kappa shape index (κ2) is 6.10. The summed E-state index contributed by atoms with van der Waals surface area (Å²) in [5.41, 5.74) is 1.90. The molecule has 2 rings (SSSR count). The molecule has 0 saturated carbocycles. The van der Waals surface area contributed by atoms with E-state index in [1.54, 1.807) is 6.07 Å². The molecule has 0 aliphatic carbocycles. The smallest absolute Gasteiger partial charge is 0.273 e. The summed E-state index contributed by atoms with van der Waals surface area (Å²) >= 11 is 0. The average Bonchev–Trinajstić information content (AvgIpc) is 2.92. The van der Waals surface area contributed by atoms with Gasteiger partial charge in [-0.1, -0.05) is 0 Å². The molecule has 0 spiro atoms. The lowest BCUT2D eigenvalue weighted by molar-refractivity contribution is -0.384. The highest BCUT2D eigenvalue weighted by Crippen LogP contribution is 2.29. The van der Waals surface area contributed by atoms with Gasteiger partial charge in [0.05, 0.1) is 23.8 Å². The first-order chi connectivity index (χ1) is 9.63. The minimum Gasteiger partial charge on any atom is -0.494 e. The van der Waals surface area contributed by atoms with Crippen LogP contribution in [-0.2, 0) is 13.1 Å². The highest BCUT2D eigenvalue weighted by atomic mass is 16.6. The summed E-state index contributed by atoms with van der Waals surface area (Å²) in [5, 5.41) is 13.9. The first-order valence-corrected chi connectivity index (χ1v) is 6.35. The van der Waals surface area contributed by atoms with Crippen LogP contribution in [0.15, 0.2) is 36.7 Å². The van der Waals surface area contributed by atoms with E-state index in [2.05, 4.69) is 23.0 Å². The van der Waals surface area contributed by atoms with Crippen LogP contribution in [0.1, 0.15) is 12.5 Å². The number of hydrogen-bond donors (Lipinski definition) is 1. The first kappa shape index (κ1) is 13.9. The largest absolute Gasteiger partial charge is 0.494 e. The summed E-state index contributed by atoms with van der Waals surface area (Å²) in [7, 11) is 1.50. The summed E-state index contributed by atoms with van der Waals surface area (Å²) in [6.07, 6.45) is 4.08. The van der Waals surface area contributed by atoms with Crippen LogP contribution in [0.3, 0.4) is 0 Å². The second-order valence-corrected chi connectivity index (χ2v) is 4.35. The van der Waals surface area contributed by atoms with E-state index in [-0.39, 0.29) is 5.69 Å². The number of nitro groups is 1. The summed E-state index contributed by atoms with van der Waals surface area (Å²) in [6.45, 7) is 3.65. The van der Waals surface area contributed by atoms with Crippen LogP contribution in [0.2, 0.25) is 0 Å². The lowest BCUT2D eigenvalue weighted by Gasteiger charge is -2.10. The molecule has 1 heterocycles. The molecular formula is C14H17N3O3. The number of ether oxygens (including phenoxy) is 1. The predicted octanol–water partition coefficient (Wildman–Crippen LogP) is 3.04. The van der Waals surface area contributed by atoms with Gasteiger partial charge in [0.15, 0.2) is 0 Å². The van der Waals surface area contributed by atoms with Crippen molar-refractivity contribution in [3.63, 3.8) is 0 Å². The van der Waals surface area contributed by atoms with Gasteiger partial charge in [-0.15, -0.1) is 0 Å². The van der Waals surface area contributed by atoms with Crippen molar-refractivity contribution in [1.29, 1.82) is 0 Å². The Kier molecular flexibility index (Phi) is 4.24. The van der Waals surface area contributed by atoms with E-state index in [1.807, 2.05) is 12.3 Å². The predicted molar refractivity (Wildman–Crippen MR) is 77.1 cm³/mol. The molecule has 0 aliphatic heterocycles. The van der Waals surface area contributed by atoms with Crippen molar-refractivity contribution in [2.24, 2.45) is 0 Å². The molecule has 6 heteroatoms. The fraction of sp³-hybridized carbons (Fsp3) is 0.286. The molecule has 2 aromatic rings. The Hall–Kier alpha value is -2.50. The van der Waals surface area contributed by atoms with Gasteiger partial charge in [-0.25, -0.2) is 0 Å².